The summed E-state index contributed by atoms with van der Waals surface area (Å²) in [6, 6.07) is 6.04. The van der Waals surface area contributed by atoms with Crippen LogP contribution < -0.4 is 4.74 Å². The van der Waals surface area contributed by atoms with Gasteiger partial charge < -0.3 is 9.47 Å². The van der Waals surface area contributed by atoms with E-state index in [-0.39, 0.29) is 23.5 Å². The standard InChI is InChI=1S/C13H12ClFN2O2/c1-8-3-4-9(5-10(8)15)19-13-6-11(14)16-12(17-13)7-18-2/h3-6H,7H2,1-2H3. The van der Waals surface area contributed by atoms with Crippen molar-refractivity contribution in [1.82, 2.24) is 9.97 Å². The fourth-order valence-electron chi connectivity index (χ4n) is 1.45. The molecule has 1 aromatic carbocycles. The number of aryl methyl sites for hydroxylation is 1. The minimum Gasteiger partial charge on any atom is -0.439 e. The molecule has 0 radical (unpaired) electrons. The van der Waals surface area contributed by atoms with Crippen LogP contribution >= 0.6 is 11.6 Å². The number of rotatable bonds is 4. The summed E-state index contributed by atoms with van der Waals surface area (Å²) < 4.78 is 23.8. The summed E-state index contributed by atoms with van der Waals surface area (Å²) in [5, 5.41) is 0.240. The summed E-state index contributed by atoms with van der Waals surface area (Å²) in [5.41, 5.74) is 0.549. The van der Waals surface area contributed by atoms with Crippen LogP contribution in [0.5, 0.6) is 11.6 Å². The Bertz CT molecular complexity index is 593. The summed E-state index contributed by atoms with van der Waals surface area (Å²) in [6.45, 7) is 1.90. The monoisotopic (exact) mass is 282 g/mol. The Labute approximate surface area is 115 Å². The molecule has 0 fully saturated rings. The van der Waals surface area contributed by atoms with Gasteiger partial charge in [-0.3, -0.25) is 0 Å². The van der Waals surface area contributed by atoms with E-state index < -0.39 is 0 Å². The molecule has 0 aliphatic heterocycles. The van der Waals surface area contributed by atoms with Crippen LogP contribution in [0, 0.1) is 12.7 Å². The van der Waals surface area contributed by atoms with Crippen LogP contribution in [0.3, 0.4) is 0 Å². The molecule has 1 aromatic heterocycles. The maximum absolute atomic E-state index is 13.4. The first kappa shape index (κ1) is 13.7. The third-order valence-electron chi connectivity index (χ3n) is 2.36. The highest BCUT2D eigenvalue weighted by Gasteiger charge is 2.07. The Morgan fingerprint density at radius 1 is 1.26 bits per heavy atom. The summed E-state index contributed by atoms with van der Waals surface area (Å²) in [7, 11) is 1.53. The lowest BCUT2D eigenvalue weighted by Gasteiger charge is -2.07. The van der Waals surface area contributed by atoms with Gasteiger partial charge in [-0.05, 0) is 18.6 Å². The average Bonchev–Trinajstić information content (AvgIpc) is 2.33. The molecule has 0 unspecified atom stereocenters. The molecule has 0 amide bonds. The highest BCUT2D eigenvalue weighted by molar-refractivity contribution is 6.29. The molecular weight excluding hydrogens is 271 g/mol. The first-order valence-corrected chi connectivity index (χ1v) is 5.92. The van der Waals surface area contributed by atoms with Crippen LogP contribution in [-0.4, -0.2) is 17.1 Å². The second kappa shape index (κ2) is 5.95. The molecule has 19 heavy (non-hydrogen) atoms. The molecule has 0 atom stereocenters. The lowest BCUT2D eigenvalue weighted by Crippen LogP contribution is -1.99. The number of hydrogen-bond donors (Lipinski definition) is 0. The molecule has 2 aromatic rings. The molecule has 2 rings (SSSR count). The lowest BCUT2D eigenvalue weighted by atomic mass is 10.2. The molecule has 0 aliphatic carbocycles. The van der Waals surface area contributed by atoms with Gasteiger partial charge in [0.15, 0.2) is 5.82 Å². The molecule has 0 spiro atoms. The van der Waals surface area contributed by atoms with Gasteiger partial charge in [0.05, 0.1) is 0 Å². The molecule has 4 nitrogen and oxygen atoms in total. The van der Waals surface area contributed by atoms with E-state index in [0.29, 0.717) is 17.1 Å². The number of ether oxygens (including phenoxy) is 2. The molecule has 0 bridgehead atoms. The number of methoxy groups -OCH3 is 1. The van der Waals surface area contributed by atoms with E-state index >= 15 is 0 Å². The third kappa shape index (κ3) is 3.62. The van der Waals surface area contributed by atoms with E-state index in [2.05, 4.69) is 9.97 Å². The Balaban J connectivity index is 2.24. The largest absolute Gasteiger partial charge is 0.439 e. The molecular formula is C13H12ClFN2O2. The zero-order valence-electron chi connectivity index (χ0n) is 10.5. The van der Waals surface area contributed by atoms with Crippen LogP contribution in [0.2, 0.25) is 5.15 Å². The van der Waals surface area contributed by atoms with Gasteiger partial charge in [-0.15, -0.1) is 0 Å². The van der Waals surface area contributed by atoms with Crippen molar-refractivity contribution in [3.05, 3.63) is 46.6 Å². The second-order valence-electron chi connectivity index (χ2n) is 3.89. The van der Waals surface area contributed by atoms with Crippen LogP contribution in [-0.2, 0) is 11.3 Å². The number of aromatic nitrogens is 2. The maximum Gasteiger partial charge on any atom is 0.224 e. The zero-order chi connectivity index (χ0) is 13.8. The SMILES string of the molecule is COCc1nc(Cl)cc(Oc2ccc(C)c(F)c2)n1. The van der Waals surface area contributed by atoms with E-state index in [1.165, 1.54) is 19.2 Å². The first-order chi connectivity index (χ1) is 9.08. The normalized spacial score (nSPS) is 10.5. The summed E-state index contributed by atoms with van der Waals surface area (Å²) in [6.07, 6.45) is 0. The van der Waals surface area contributed by atoms with E-state index in [1.807, 2.05) is 0 Å². The van der Waals surface area contributed by atoms with Crippen LogP contribution in [0.4, 0.5) is 4.39 Å². The molecule has 100 valence electrons. The van der Waals surface area contributed by atoms with Crippen molar-refractivity contribution in [1.29, 1.82) is 0 Å². The van der Waals surface area contributed by atoms with E-state index in [9.17, 15) is 4.39 Å². The highest BCUT2D eigenvalue weighted by Crippen LogP contribution is 2.23. The van der Waals surface area contributed by atoms with Crippen LogP contribution in [0.15, 0.2) is 24.3 Å². The minimum atomic E-state index is -0.338. The number of halogens is 2. The smallest absolute Gasteiger partial charge is 0.224 e. The van der Waals surface area contributed by atoms with Gasteiger partial charge >= 0.3 is 0 Å². The van der Waals surface area contributed by atoms with Crippen molar-refractivity contribution in [2.24, 2.45) is 0 Å². The molecule has 6 heteroatoms. The quantitative estimate of drug-likeness (QED) is 0.805. The Morgan fingerprint density at radius 3 is 2.74 bits per heavy atom. The van der Waals surface area contributed by atoms with Gasteiger partial charge in [0.2, 0.25) is 5.88 Å². The van der Waals surface area contributed by atoms with E-state index in [4.69, 9.17) is 21.1 Å². The Hall–Kier alpha value is -1.72. The predicted molar refractivity (Wildman–Crippen MR) is 69.0 cm³/mol. The summed E-state index contributed by atoms with van der Waals surface area (Å²) >= 11 is 5.85. The summed E-state index contributed by atoms with van der Waals surface area (Å²) in [5.74, 6) is 0.656. The van der Waals surface area contributed by atoms with Gasteiger partial charge in [-0.25, -0.2) is 9.37 Å². The van der Waals surface area contributed by atoms with E-state index in [1.54, 1.807) is 19.1 Å². The number of hydrogen-bond acceptors (Lipinski definition) is 4. The molecule has 0 N–H and O–H groups in total. The molecule has 0 saturated carbocycles. The minimum absolute atomic E-state index is 0.221. The molecule has 0 saturated heterocycles. The van der Waals surface area contributed by atoms with Crippen molar-refractivity contribution in [3.8, 4) is 11.6 Å². The number of nitrogens with zero attached hydrogens (tertiary/aromatic N) is 2. The van der Waals surface area contributed by atoms with Crippen LogP contribution in [0.25, 0.3) is 0 Å². The highest BCUT2D eigenvalue weighted by atomic mass is 35.5. The predicted octanol–water partition coefficient (Wildman–Crippen LogP) is 3.52. The summed E-state index contributed by atoms with van der Waals surface area (Å²) in [4.78, 5) is 8.08. The molecule has 1 heterocycles. The van der Waals surface area contributed by atoms with Crippen molar-refractivity contribution in [3.63, 3.8) is 0 Å². The molecule has 0 aliphatic rings. The topological polar surface area (TPSA) is 44.2 Å². The van der Waals surface area contributed by atoms with Crippen LogP contribution in [0.1, 0.15) is 11.4 Å². The first-order valence-electron chi connectivity index (χ1n) is 5.55. The van der Waals surface area contributed by atoms with Gasteiger partial charge in [-0.2, -0.15) is 4.98 Å². The third-order valence-corrected chi connectivity index (χ3v) is 2.55. The van der Waals surface area contributed by atoms with Gasteiger partial charge in [-0.1, -0.05) is 17.7 Å². The van der Waals surface area contributed by atoms with Crippen molar-refractivity contribution in [2.45, 2.75) is 13.5 Å². The van der Waals surface area contributed by atoms with E-state index in [0.717, 1.165) is 0 Å². The van der Waals surface area contributed by atoms with Crippen molar-refractivity contribution in [2.75, 3.05) is 7.11 Å². The lowest BCUT2D eigenvalue weighted by molar-refractivity contribution is 0.177. The average molecular weight is 283 g/mol. The Morgan fingerprint density at radius 2 is 2.05 bits per heavy atom. The maximum atomic E-state index is 13.4. The second-order valence-corrected chi connectivity index (χ2v) is 4.28. The number of benzene rings is 1. The zero-order valence-corrected chi connectivity index (χ0v) is 11.2. The van der Waals surface area contributed by atoms with Crippen molar-refractivity contribution >= 4 is 11.6 Å². The fourth-order valence-corrected chi connectivity index (χ4v) is 1.64. The van der Waals surface area contributed by atoms with Gasteiger partial charge in [0.25, 0.3) is 0 Å². The van der Waals surface area contributed by atoms with Gasteiger partial charge in [0.1, 0.15) is 23.3 Å². The van der Waals surface area contributed by atoms with Gasteiger partial charge in [0, 0.05) is 19.2 Å². The fraction of sp³-hybridized carbons (Fsp3) is 0.231. The Kier molecular flexibility index (Phi) is 4.29. The van der Waals surface area contributed by atoms with Crippen molar-refractivity contribution < 1.29 is 13.9 Å².